The fourth-order valence-electron chi connectivity index (χ4n) is 7.00. The Balaban J connectivity index is 2.34. The summed E-state index contributed by atoms with van der Waals surface area (Å²) in [7, 11) is -2.23. The fourth-order valence-corrected chi connectivity index (χ4v) is 30.5. The van der Waals surface area contributed by atoms with Crippen molar-refractivity contribution >= 4 is 43.1 Å². The average Bonchev–Trinajstić information content (AvgIpc) is 2.57. The highest BCUT2D eigenvalue weighted by Crippen LogP contribution is 2.43. The van der Waals surface area contributed by atoms with Crippen LogP contribution in [-0.2, 0) is 0 Å². The van der Waals surface area contributed by atoms with Crippen molar-refractivity contribution in [3.05, 3.63) is 58.7 Å². The van der Waals surface area contributed by atoms with Gasteiger partial charge in [0.15, 0.2) is 0 Å². The number of nitrogens with zero attached hydrogens (tertiary/aromatic N) is 2. The average molecular weight is 480 g/mol. The van der Waals surface area contributed by atoms with E-state index in [-0.39, 0.29) is 0 Å². The first kappa shape index (κ1) is 25.4. The molecule has 0 spiro atoms. The molecule has 32 heavy (non-hydrogen) atoms. The summed E-state index contributed by atoms with van der Waals surface area (Å²) < 4.78 is 0. The topological polar surface area (TPSA) is 6.48 Å². The van der Waals surface area contributed by atoms with Gasteiger partial charge in [-0.2, -0.15) is 0 Å². The molecule has 2 nitrogen and oxygen atoms in total. The van der Waals surface area contributed by atoms with E-state index >= 15 is 0 Å². The molecule has 1 saturated heterocycles. The van der Waals surface area contributed by atoms with E-state index in [1.54, 1.807) is 0 Å². The van der Waals surface area contributed by atoms with Crippen molar-refractivity contribution in [2.75, 3.05) is 9.62 Å². The van der Waals surface area contributed by atoms with Crippen LogP contribution in [0.4, 0.5) is 11.4 Å². The largest absolute Gasteiger partial charge is 0.401 e. The van der Waals surface area contributed by atoms with Crippen molar-refractivity contribution in [2.45, 2.75) is 90.6 Å². The summed E-state index contributed by atoms with van der Waals surface area (Å²) >= 11 is 0. The molecule has 0 saturated carbocycles. The lowest BCUT2D eigenvalue weighted by molar-refractivity contribution is 0.923. The summed E-state index contributed by atoms with van der Waals surface area (Å²) in [6, 6.07) is 13.6. The number of hydrogen-bond donors (Lipinski definition) is 0. The van der Waals surface area contributed by atoms with Gasteiger partial charge in [-0.25, -0.2) is 0 Å². The standard InChI is InChI=1S/C26H44BN2Si3/c1-19-15-13-16-20(2)23(19)28-25(30(5,6)7)32(11,12)26(31(8,9)10)29(27-28)24-21(3)17-14-18-22(24)4/h13-18,25-26H,1-12H3/t25-,26-/m1/s1. The normalized spacial score (nSPS) is 21.5. The number of hydrogen-bond acceptors (Lipinski definition) is 2. The molecule has 0 aromatic heterocycles. The van der Waals surface area contributed by atoms with Crippen LogP contribution in [0.25, 0.3) is 0 Å². The van der Waals surface area contributed by atoms with Gasteiger partial charge in [-0.05, 0) is 49.9 Å². The fraction of sp³-hybridized carbons (Fsp3) is 0.538. The van der Waals surface area contributed by atoms with Gasteiger partial charge in [0.25, 0.3) is 0 Å². The van der Waals surface area contributed by atoms with Crippen molar-refractivity contribution in [1.29, 1.82) is 0 Å². The van der Waals surface area contributed by atoms with Crippen LogP contribution < -0.4 is 9.62 Å². The Labute approximate surface area is 201 Å². The lowest BCUT2D eigenvalue weighted by Crippen LogP contribution is -2.83. The van der Waals surface area contributed by atoms with Crippen LogP contribution in [0.2, 0.25) is 52.4 Å². The minimum absolute atomic E-state index is 0.659. The minimum atomic E-state index is -1.76. The molecule has 1 heterocycles. The molecule has 2 aromatic carbocycles. The molecule has 0 N–H and O–H groups in total. The molecule has 6 heteroatoms. The molecule has 1 aliphatic rings. The Morgan fingerprint density at radius 3 is 1.16 bits per heavy atom. The second-order valence-electron chi connectivity index (χ2n) is 12.8. The van der Waals surface area contributed by atoms with Gasteiger partial charge in [0, 0.05) is 22.0 Å². The summed E-state index contributed by atoms with van der Waals surface area (Å²) in [6.07, 6.45) is 0. The third kappa shape index (κ3) is 4.42. The van der Waals surface area contributed by atoms with Gasteiger partial charge < -0.3 is 9.62 Å². The van der Waals surface area contributed by atoms with E-state index in [0.29, 0.717) is 10.6 Å². The third-order valence-electron chi connectivity index (χ3n) is 7.25. The van der Waals surface area contributed by atoms with Crippen LogP contribution in [0, 0.1) is 27.7 Å². The predicted molar refractivity (Wildman–Crippen MR) is 154 cm³/mol. The number of anilines is 2. The summed E-state index contributed by atoms with van der Waals surface area (Å²) in [5, 5.41) is 1.32. The van der Waals surface area contributed by atoms with Gasteiger partial charge in [-0.3, -0.25) is 0 Å². The summed E-state index contributed by atoms with van der Waals surface area (Å²) in [5.74, 6) is 0. The molecule has 0 aliphatic carbocycles. The Bertz CT molecular complexity index is 874. The first-order valence-corrected chi connectivity index (χ1v) is 22.4. The summed E-state index contributed by atoms with van der Waals surface area (Å²) in [6.45, 7) is 30.1. The number of para-hydroxylation sites is 2. The first-order chi connectivity index (χ1) is 14.6. The Hall–Kier alpha value is -1.24. The third-order valence-corrected chi connectivity index (χ3v) is 24.1. The maximum absolute atomic E-state index is 2.76. The maximum atomic E-state index is 2.76. The van der Waals surface area contributed by atoms with Crippen molar-refractivity contribution in [3.8, 4) is 0 Å². The molecule has 2 aromatic rings. The van der Waals surface area contributed by atoms with Gasteiger partial charge in [-0.15, -0.1) is 0 Å². The molecular formula is C26H44BN2Si3. The molecule has 1 radical (unpaired) electrons. The highest BCUT2D eigenvalue weighted by Gasteiger charge is 2.58. The number of rotatable bonds is 4. The predicted octanol–water partition coefficient (Wildman–Crippen LogP) is 7.06. The van der Waals surface area contributed by atoms with Crippen molar-refractivity contribution in [3.63, 3.8) is 0 Å². The lowest BCUT2D eigenvalue weighted by Gasteiger charge is -2.63. The number of aryl methyl sites for hydroxylation is 4. The molecule has 173 valence electrons. The highest BCUT2D eigenvalue weighted by molar-refractivity contribution is 7.08. The van der Waals surface area contributed by atoms with Gasteiger partial charge in [0.2, 0.25) is 0 Å². The first-order valence-electron chi connectivity index (χ1n) is 12.1. The molecule has 2 atom stereocenters. The van der Waals surface area contributed by atoms with Crippen LogP contribution in [0.5, 0.6) is 0 Å². The Morgan fingerprint density at radius 2 is 0.906 bits per heavy atom. The maximum Gasteiger partial charge on any atom is 0.390 e. The van der Waals surface area contributed by atoms with E-state index in [2.05, 4.69) is 134 Å². The minimum Gasteiger partial charge on any atom is -0.401 e. The van der Waals surface area contributed by atoms with Gasteiger partial charge in [0.1, 0.15) is 0 Å². The Morgan fingerprint density at radius 1 is 0.625 bits per heavy atom. The number of benzene rings is 2. The SMILES string of the molecule is Cc1cccc(C)c1N1[B]N(c2c(C)cccc2C)[C@H]([Si](C)(C)C)[Si](C)(C)[C@H]1[Si](C)(C)C. The van der Waals surface area contributed by atoms with E-state index in [1.165, 1.54) is 33.6 Å². The van der Waals surface area contributed by atoms with Crippen LogP contribution in [-0.4, -0.2) is 42.3 Å². The zero-order chi connectivity index (χ0) is 24.2. The lowest BCUT2D eigenvalue weighted by atomic mass is 9.96. The van der Waals surface area contributed by atoms with E-state index < -0.39 is 24.2 Å². The summed E-state index contributed by atoms with van der Waals surface area (Å²) in [4.78, 5) is 5.51. The van der Waals surface area contributed by atoms with Crippen molar-refractivity contribution in [2.24, 2.45) is 0 Å². The zero-order valence-corrected chi connectivity index (χ0v) is 25.6. The van der Waals surface area contributed by atoms with E-state index in [1.807, 2.05) is 0 Å². The zero-order valence-electron chi connectivity index (χ0n) is 22.6. The van der Waals surface area contributed by atoms with Crippen molar-refractivity contribution < 1.29 is 0 Å². The van der Waals surface area contributed by atoms with Crippen LogP contribution in [0.3, 0.4) is 0 Å². The van der Waals surface area contributed by atoms with Gasteiger partial charge in [-0.1, -0.05) is 88.8 Å². The van der Waals surface area contributed by atoms with E-state index in [0.717, 1.165) is 0 Å². The monoisotopic (exact) mass is 479 g/mol. The molecule has 0 amide bonds. The smallest absolute Gasteiger partial charge is 0.390 e. The van der Waals surface area contributed by atoms with Crippen LogP contribution in [0.1, 0.15) is 22.3 Å². The molecular weight excluding hydrogens is 435 g/mol. The Kier molecular flexibility index (Phi) is 6.75. The second kappa shape index (κ2) is 8.51. The van der Waals surface area contributed by atoms with Crippen molar-refractivity contribution in [1.82, 2.24) is 0 Å². The quantitative estimate of drug-likeness (QED) is 0.433. The van der Waals surface area contributed by atoms with E-state index in [4.69, 9.17) is 0 Å². The second-order valence-corrected chi connectivity index (χ2v) is 29.2. The van der Waals surface area contributed by atoms with E-state index in [9.17, 15) is 0 Å². The molecule has 1 fully saturated rings. The van der Waals surface area contributed by atoms with Crippen LogP contribution >= 0.6 is 0 Å². The highest BCUT2D eigenvalue weighted by atomic mass is 28.4. The summed E-state index contributed by atoms with van der Waals surface area (Å²) in [5.41, 5.74) is 8.44. The van der Waals surface area contributed by atoms with Gasteiger partial charge in [0.05, 0.1) is 24.2 Å². The molecule has 0 bridgehead atoms. The van der Waals surface area contributed by atoms with Gasteiger partial charge >= 0.3 is 7.55 Å². The molecule has 0 unspecified atom stereocenters. The molecule has 3 rings (SSSR count). The molecule has 1 aliphatic heterocycles. The van der Waals surface area contributed by atoms with Crippen LogP contribution in [0.15, 0.2) is 36.4 Å².